The van der Waals surface area contributed by atoms with E-state index in [9.17, 15) is 4.79 Å². The van der Waals surface area contributed by atoms with Crippen molar-refractivity contribution < 1.29 is 9.53 Å². The van der Waals surface area contributed by atoms with Crippen molar-refractivity contribution in [3.8, 4) is 0 Å². The van der Waals surface area contributed by atoms with Gasteiger partial charge in [0.1, 0.15) is 0 Å². The molecule has 0 fully saturated rings. The fourth-order valence-corrected chi connectivity index (χ4v) is 4.84. The number of esters is 1. The third-order valence-corrected chi connectivity index (χ3v) is 7.33. The van der Waals surface area contributed by atoms with Crippen molar-refractivity contribution in [2.24, 2.45) is 5.92 Å². The first-order valence-corrected chi connectivity index (χ1v) is 16.5. The molecule has 0 radical (unpaired) electrons. The summed E-state index contributed by atoms with van der Waals surface area (Å²) >= 11 is 0. The Hall–Kier alpha value is -0.790. The normalized spacial score (nSPS) is 11.7. The van der Waals surface area contributed by atoms with Crippen molar-refractivity contribution in [2.75, 3.05) is 6.61 Å². The summed E-state index contributed by atoms with van der Waals surface area (Å²) in [4.78, 5) is 11.9. The van der Waals surface area contributed by atoms with Gasteiger partial charge in [-0.3, -0.25) is 4.79 Å². The predicted octanol–water partition coefficient (Wildman–Crippen LogP) is 11.9. The fourth-order valence-electron chi connectivity index (χ4n) is 4.84. The van der Waals surface area contributed by atoms with Crippen LogP contribution >= 0.6 is 0 Å². The van der Waals surface area contributed by atoms with Crippen molar-refractivity contribution in [1.29, 1.82) is 0 Å². The van der Waals surface area contributed by atoms with Crippen molar-refractivity contribution >= 4 is 5.97 Å². The number of carbonyl (C=O) groups excluding carboxylic acids is 1. The molecule has 0 aliphatic carbocycles. The van der Waals surface area contributed by atoms with Crippen LogP contribution in [0.15, 0.2) is 12.2 Å². The second-order valence-corrected chi connectivity index (χ2v) is 11.6. The molecule has 214 valence electrons. The summed E-state index contributed by atoms with van der Waals surface area (Å²) in [5.41, 5.74) is 0. The topological polar surface area (TPSA) is 26.3 Å². The molecule has 0 saturated carbocycles. The van der Waals surface area contributed by atoms with Crippen LogP contribution in [0.4, 0.5) is 0 Å². The van der Waals surface area contributed by atoms with Crippen LogP contribution in [0.25, 0.3) is 0 Å². The molecular formula is C34H66O2. The van der Waals surface area contributed by atoms with Crippen LogP contribution in [0.2, 0.25) is 0 Å². The first kappa shape index (κ1) is 35.2. The minimum Gasteiger partial charge on any atom is -0.466 e. The molecule has 0 saturated heterocycles. The van der Waals surface area contributed by atoms with Gasteiger partial charge < -0.3 is 4.74 Å². The number of allylic oxidation sites excluding steroid dienone is 2. The quantitative estimate of drug-likeness (QED) is 0.0572. The molecule has 0 atom stereocenters. The van der Waals surface area contributed by atoms with Crippen molar-refractivity contribution in [3.05, 3.63) is 12.2 Å². The molecule has 0 N–H and O–H groups in total. The summed E-state index contributed by atoms with van der Waals surface area (Å²) in [6, 6.07) is 0. The molecule has 2 nitrogen and oxygen atoms in total. The van der Waals surface area contributed by atoms with Crippen LogP contribution in [0, 0.1) is 5.92 Å². The number of ether oxygens (including phenoxy) is 1. The van der Waals surface area contributed by atoms with Crippen LogP contribution in [0.5, 0.6) is 0 Å². The molecule has 0 aromatic rings. The Kier molecular flexibility index (Phi) is 29.8. The Morgan fingerprint density at radius 1 is 0.556 bits per heavy atom. The van der Waals surface area contributed by atoms with E-state index in [-0.39, 0.29) is 5.97 Å². The van der Waals surface area contributed by atoms with Gasteiger partial charge in [-0.2, -0.15) is 0 Å². The SMILES string of the molecule is CCCCCC/C=C\CCCCCCCC(=O)OCCCCCCCCCCCCCCCC(C)C. The summed E-state index contributed by atoms with van der Waals surface area (Å²) in [7, 11) is 0. The highest BCUT2D eigenvalue weighted by Crippen LogP contribution is 2.15. The molecular weight excluding hydrogens is 440 g/mol. The summed E-state index contributed by atoms with van der Waals surface area (Å²) in [6.07, 6.45) is 38.3. The molecule has 2 heteroatoms. The average Bonchev–Trinajstić information content (AvgIpc) is 2.86. The van der Waals surface area contributed by atoms with Crippen molar-refractivity contribution in [2.45, 2.75) is 188 Å². The smallest absolute Gasteiger partial charge is 0.305 e. The van der Waals surface area contributed by atoms with E-state index >= 15 is 0 Å². The molecule has 0 aromatic heterocycles. The number of unbranched alkanes of at least 4 members (excludes halogenated alkanes) is 21. The van der Waals surface area contributed by atoms with Gasteiger partial charge in [0.05, 0.1) is 6.61 Å². The third-order valence-electron chi connectivity index (χ3n) is 7.33. The van der Waals surface area contributed by atoms with E-state index in [0.717, 1.165) is 25.2 Å². The molecule has 0 rings (SSSR count). The van der Waals surface area contributed by atoms with Gasteiger partial charge in [-0.25, -0.2) is 0 Å². The number of rotatable bonds is 29. The highest BCUT2D eigenvalue weighted by atomic mass is 16.5. The zero-order valence-corrected chi connectivity index (χ0v) is 25.1. The van der Waals surface area contributed by atoms with Crippen molar-refractivity contribution in [1.82, 2.24) is 0 Å². The van der Waals surface area contributed by atoms with E-state index in [1.165, 1.54) is 141 Å². The summed E-state index contributed by atoms with van der Waals surface area (Å²) in [6.45, 7) is 7.55. The fraction of sp³-hybridized carbons (Fsp3) is 0.912. The van der Waals surface area contributed by atoms with Crippen LogP contribution in [0.3, 0.4) is 0 Å². The first-order valence-electron chi connectivity index (χ1n) is 16.5. The number of hydrogen-bond donors (Lipinski definition) is 0. The van der Waals surface area contributed by atoms with Crippen molar-refractivity contribution in [3.63, 3.8) is 0 Å². The van der Waals surface area contributed by atoms with E-state index in [4.69, 9.17) is 4.74 Å². The lowest BCUT2D eigenvalue weighted by Gasteiger charge is -2.06. The Morgan fingerprint density at radius 2 is 0.972 bits per heavy atom. The first-order chi connectivity index (χ1) is 17.7. The highest BCUT2D eigenvalue weighted by Gasteiger charge is 2.02. The van der Waals surface area contributed by atoms with Gasteiger partial charge in [-0.05, 0) is 44.4 Å². The Balaban J connectivity index is 3.19. The minimum absolute atomic E-state index is 0.0147. The van der Waals surface area contributed by atoms with Gasteiger partial charge in [-0.15, -0.1) is 0 Å². The molecule has 0 heterocycles. The maximum absolute atomic E-state index is 11.9. The molecule has 0 amide bonds. The second-order valence-electron chi connectivity index (χ2n) is 11.6. The maximum Gasteiger partial charge on any atom is 0.305 e. The van der Waals surface area contributed by atoms with Crippen LogP contribution in [0.1, 0.15) is 188 Å². The van der Waals surface area contributed by atoms with Gasteiger partial charge in [-0.1, -0.05) is 155 Å². The lowest BCUT2D eigenvalue weighted by molar-refractivity contribution is -0.143. The van der Waals surface area contributed by atoms with E-state index in [2.05, 4.69) is 32.9 Å². The Labute approximate surface area is 227 Å². The van der Waals surface area contributed by atoms with Gasteiger partial charge in [0, 0.05) is 6.42 Å². The van der Waals surface area contributed by atoms with Crippen LogP contribution < -0.4 is 0 Å². The number of hydrogen-bond acceptors (Lipinski definition) is 2. The summed E-state index contributed by atoms with van der Waals surface area (Å²) in [5.74, 6) is 0.887. The van der Waals surface area contributed by atoms with E-state index in [0.29, 0.717) is 13.0 Å². The largest absolute Gasteiger partial charge is 0.466 e. The lowest BCUT2D eigenvalue weighted by atomic mass is 10.0. The van der Waals surface area contributed by atoms with Crippen LogP contribution in [-0.4, -0.2) is 12.6 Å². The van der Waals surface area contributed by atoms with E-state index in [1.807, 2.05) is 0 Å². The minimum atomic E-state index is 0.0147. The lowest BCUT2D eigenvalue weighted by Crippen LogP contribution is -2.05. The number of carbonyl (C=O) groups is 1. The summed E-state index contributed by atoms with van der Waals surface area (Å²) < 4.78 is 5.42. The summed E-state index contributed by atoms with van der Waals surface area (Å²) in [5, 5.41) is 0. The zero-order valence-electron chi connectivity index (χ0n) is 25.1. The zero-order chi connectivity index (χ0) is 26.4. The average molecular weight is 507 g/mol. The third kappa shape index (κ3) is 31.2. The monoisotopic (exact) mass is 507 g/mol. The van der Waals surface area contributed by atoms with E-state index < -0.39 is 0 Å². The predicted molar refractivity (Wildman–Crippen MR) is 161 cm³/mol. The molecule has 0 spiro atoms. The molecule has 0 aliphatic rings. The maximum atomic E-state index is 11.9. The van der Waals surface area contributed by atoms with Gasteiger partial charge in [0.25, 0.3) is 0 Å². The van der Waals surface area contributed by atoms with Gasteiger partial charge in [0.2, 0.25) is 0 Å². The molecule has 0 unspecified atom stereocenters. The molecule has 0 aromatic carbocycles. The Bertz CT molecular complexity index is 454. The highest BCUT2D eigenvalue weighted by molar-refractivity contribution is 5.69. The van der Waals surface area contributed by atoms with E-state index in [1.54, 1.807) is 0 Å². The molecule has 0 bridgehead atoms. The van der Waals surface area contributed by atoms with Crippen LogP contribution in [-0.2, 0) is 9.53 Å². The Morgan fingerprint density at radius 3 is 1.47 bits per heavy atom. The van der Waals surface area contributed by atoms with Gasteiger partial charge in [0.15, 0.2) is 0 Å². The molecule has 0 aliphatic heterocycles. The standard InChI is InChI=1S/C34H66O2/c1-4-5-6-7-8-9-10-12-16-19-22-25-28-31-34(35)36-32-29-26-23-20-17-14-11-13-15-18-21-24-27-30-33(2)3/h9-10,33H,4-8,11-32H2,1-3H3/b10-9-. The second kappa shape index (κ2) is 30.4. The van der Waals surface area contributed by atoms with Gasteiger partial charge >= 0.3 is 5.97 Å². The molecule has 36 heavy (non-hydrogen) atoms.